The average Bonchev–Trinajstić information content (AvgIpc) is 3.03. The largest absolute Gasteiger partial charge is 0.507 e. The smallest absolute Gasteiger partial charge is 0.124 e. The zero-order valence-corrected chi connectivity index (χ0v) is 13.3. The van der Waals surface area contributed by atoms with Crippen molar-refractivity contribution in [1.82, 2.24) is 4.57 Å². The van der Waals surface area contributed by atoms with E-state index in [-0.39, 0.29) is 5.75 Å². The van der Waals surface area contributed by atoms with Crippen molar-refractivity contribution in [3.63, 3.8) is 0 Å². The summed E-state index contributed by atoms with van der Waals surface area (Å²) >= 11 is 0. The van der Waals surface area contributed by atoms with E-state index in [1.807, 2.05) is 60.7 Å². The zero-order valence-electron chi connectivity index (χ0n) is 13.3. The molecule has 0 spiro atoms. The van der Waals surface area contributed by atoms with E-state index in [2.05, 4.69) is 16.7 Å². The van der Waals surface area contributed by atoms with Crippen molar-refractivity contribution in [2.75, 3.05) is 7.11 Å². The SMILES string of the molecule is COc1ccc(-c2cc3c(O)cccc3n2-c2ccccc2)cc1. The van der Waals surface area contributed by atoms with E-state index in [9.17, 15) is 5.11 Å². The molecular weight excluding hydrogens is 298 g/mol. The molecule has 0 unspecified atom stereocenters. The number of phenolic OH excluding ortho intramolecular Hbond substituents is 1. The van der Waals surface area contributed by atoms with Crippen molar-refractivity contribution in [3.8, 4) is 28.4 Å². The molecule has 0 aliphatic rings. The number of phenols is 1. The minimum Gasteiger partial charge on any atom is -0.507 e. The van der Waals surface area contributed by atoms with Crippen LogP contribution in [-0.2, 0) is 0 Å². The molecule has 0 saturated carbocycles. The second kappa shape index (κ2) is 5.78. The summed E-state index contributed by atoms with van der Waals surface area (Å²) in [5.41, 5.74) is 4.13. The van der Waals surface area contributed by atoms with Crippen LogP contribution in [-0.4, -0.2) is 16.8 Å². The summed E-state index contributed by atoms with van der Waals surface area (Å²) in [6, 6.07) is 25.8. The van der Waals surface area contributed by atoms with Gasteiger partial charge in [0.2, 0.25) is 0 Å². The lowest BCUT2D eigenvalue weighted by Gasteiger charge is -2.11. The van der Waals surface area contributed by atoms with E-state index >= 15 is 0 Å². The maximum absolute atomic E-state index is 10.3. The van der Waals surface area contributed by atoms with E-state index in [1.54, 1.807) is 13.2 Å². The number of aromatic hydroxyl groups is 1. The Labute approximate surface area is 140 Å². The number of ether oxygens (including phenoxy) is 1. The van der Waals surface area contributed by atoms with Crippen LogP contribution in [0.15, 0.2) is 78.9 Å². The van der Waals surface area contributed by atoms with E-state index in [1.165, 1.54) is 0 Å². The summed E-state index contributed by atoms with van der Waals surface area (Å²) < 4.78 is 7.41. The number of methoxy groups -OCH3 is 1. The van der Waals surface area contributed by atoms with Crippen molar-refractivity contribution in [2.24, 2.45) is 0 Å². The second-order valence-corrected chi connectivity index (χ2v) is 5.64. The van der Waals surface area contributed by atoms with Crippen LogP contribution in [0.25, 0.3) is 27.8 Å². The topological polar surface area (TPSA) is 34.4 Å². The molecule has 3 heteroatoms. The number of nitrogens with zero attached hydrogens (tertiary/aromatic N) is 1. The molecule has 0 aliphatic carbocycles. The van der Waals surface area contributed by atoms with Crippen LogP contribution in [0.3, 0.4) is 0 Å². The maximum atomic E-state index is 10.3. The van der Waals surface area contributed by atoms with Gasteiger partial charge in [-0.1, -0.05) is 24.3 Å². The monoisotopic (exact) mass is 315 g/mol. The fraction of sp³-hybridized carbons (Fsp3) is 0.0476. The molecule has 0 bridgehead atoms. The molecule has 3 aromatic carbocycles. The van der Waals surface area contributed by atoms with Crippen LogP contribution < -0.4 is 4.74 Å². The van der Waals surface area contributed by atoms with Crippen molar-refractivity contribution in [1.29, 1.82) is 0 Å². The molecule has 118 valence electrons. The second-order valence-electron chi connectivity index (χ2n) is 5.64. The molecule has 0 fully saturated rings. The first kappa shape index (κ1) is 14.4. The van der Waals surface area contributed by atoms with Crippen LogP contribution in [0.2, 0.25) is 0 Å². The highest BCUT2D eigenvalue weighted by Crippen LogP contribution is 2.35. The van der Waals surface area contributed by atoms with Crippen LogP contribution in [0.5, 0.6) is 11.5 Å². The van der Waals surface area contributed by atoms with Crippen molar-refractivity contribution in [2.45, 2.75) is 0 Å². The van der Waals surface area contributed by atoms with Gasteiger partial charge in [0.05, 0.1) is 18.3 Å². The minimum absolute atomic E-state index is 0.289. The lowest BCUT2D eigenvalue weighted by atomic mass is 10.1. The molecule has 0 saturated heterocycles. The highest BCUT2D eigenvalue weighted by atomic mass is 16.5. The zero-order chi connectivity index (χ0) is 16.5. The number of aromatic nitrogens is 1. The van der Waals surface area contributed by atoms with E-state index < -0.39 is 0 Å². The highest BCUT2D eigenvalue weighted by molar-refractivity contribution is 5.93. The molecule has 1 heterocycles. The lowest BCUT2D eigenvalue weighted by molar-refractivity contribution is 0.415. The maximum Gasteiger partial charge on any atom is 0.124 e. The van der Waals surface area contributed by atoms with Crippen LogP contribution in [0.1, 0.15) is 0 Å². The molecule has 4 rings (SSSR count). The van der Waals surface area contributed by atoms with Gasteiger partial charge < -0.3 is 14.4 Å². The van der Waals surface area contributed by atoms with Crippen molar-refractivity contribution in [3.05, 3.63) is 78.9 Å². The van der Waals surface area contributed by atoms with Crippen LogP contribution in [0, 0.1) is 0 Å². The minimum atomic E-state index is 0.289. The number of hydrogen-bond acceptors (Lipinski definition) is 2. The summed E-state index contributed by atoms with van der Waals surface area (Å²) in [5, 5.41) is 11.1. The predicted octanol–water partition coefficient (Wildman–Crippen LogP) is 5.01. The molecule has 0 aliphatic heterocycles. The quantitative estimate of drug-likeness (QED) is 0.576. The Morgan fingerprint density at radius 3 is 2.29 bits per heavy atom. The van der Waals surface area contributed by atoms with Crippen LogP contribution >= 0.6 is 0 Å². The Balaban J connectivity index is 2.02. The third-order valence-corrected chi connectivity index (χ3v) is 4.22. The summed E-state index contributed by atoms with van der Waals surface area (Å²) in [6.07, 6.45) is 0. The molecule has 0 radical (unpaired) electrons. The first-order chi connectivity index (χ1) is 11.8. The predicted molar refractivity (Wildman–Crippen MR) is 96.9 cm³/mol. The molecular formula is C21H17NO2. The normalized spacial score (nSPS) is 10.9. The van der Waals surface area contributed by atoms with Gasteiger partial charge in [0, 0.05) is 11.1 Å². The number of rotatable bonds is 3. The molecule has 24 heavy (non-hydrogen) atoms. The summed E-state index contributed by atoms with van der Waals surface area (Å²) in [7, 11) is 1.66. The Bertz CT molecular complexity index is 986. The van der Waals surface area contributed by atoms with Gasteiger partial charge in [0.15, 0.2) is 0 Å². The van der Waals surface area contributed by atoms with Gasteiger partial charge in [-0.2, -0.15) is 0 Å². The Hall–Kier alpha value is -3.20. The molecule has 1 N–H and O–H groups in total. The summed E-state index contributed by atoms with van der Waals surface area (Å²) in [5.74, 6) is 1.11. The van der Waals surface area contributed by atoms with E-state index in [0.29, 0.717) is 0 Å². The van der Waals surface area contributed by atoms with Crippen molar-refractivity contribution < 1.29 is 9.84 Å². The molecule has 3 nitrogen and oxygen atoms in total. The third-order valence-electron chi connectivity index (χ3n) is 4.22. The first-order valence-electron chi connectivity index (χ1n) is 7.81. The number of benzene rings is 3. The standard InChI is InChI=1S/C21H17NO2/c1-24-17-12-10-15(11-13-17)20-14-18-19(8-5-9-21(18)23)22(20)16-6-3-2-4-7-16/h2-14,23H,1H3. The van der Waals surface area contributed by atoms with Gasteiger partial charge in [0.1, 0.15) is 11.5 Å². The highest BCUT2D eigenvalue weighted by Gasteiger charge is 2.14. The van der Waals surface area contributed by atoms with Gasteiger partial charge >= 0.3 is 0 Å². The van der Waals surface area contributed by atoms with Gasteiger partial charge in [-0.15, -0.1) is 0 Å². The van der Waals surface area contributed by atoms with E-state index in [4.69, 9.17) is 4.74 Å². The molecule has 4 aromatic rings. The Morgan fingerprint density at radius 2 is 1.58 bits per heavy atom. The van der Waals surface area contributed by atoms with Gasteiger partial charge in [-0.3, -0.25) is 0 Å². The fourth-order valence-electron chi connectivity index (χ4n) is 3.04. The molecule has 1 aromatic heterocycles. The van der Waals surface area contributed by atoms with Crippen molar-refractivity contribution >= 4 is 10.9 Å². The van der Waals surface area contributed by atoms with Gasteiger partial charge in [-0.05, 0) is 60.2 Å². The molecule has 0 atom stereocenters. The first-order valence-corrected chi connectivity index (χ1v) is 7.81. The molecule has 0 amide bonds. The average molecular weight is 315 g/mol. The Morgan fingerprint density at radius 1 is 0.833 bits per heavy atom. The fourth-order valence-corrected chi connectivity index (χ4v) is 3.04. The van der Waals surface area contributed by atoms with Crippen LogP contribution in [0.4, 0.5) is 0 Å². The Kier molecular flexibility index (Phi) is 3.47. The number of para-hydroxylation sites is 1. The lowest BCUT2D eigenvalue weighted by Crippen LogP contribution is -1.96. The number of hydrogen-bond donors (Lipinski definition) is 1. The summed E-state index contributed by atoms with van der Waals surface area (Å²) in [6.45, 7) is 0. The summed E-state index contributed by atoms with van der Waals surface area (Å²) in [4.78, 5) is 0. The van der Waals surface area contributed by atoms with Gasteiger partial charge in [0.25, 0.3) is 0 Å². The van der Waals surface area contributed by atoms with Gasteiger partial charge in [-0.25, -0.2) is 0 Å². The third kappa shape index (κ3) is 2.31. The van der Waals surface area contributed by atoms with E-state index in [0.717, 1.165) is 33.6 Å². The number of fused-ring (bicyclic) bond motifs is 1.